The van der Waals surface area contributed by atoms with Crippen LogP contribution in [0.2, 0.25) is 0 Å². The fourth-order valence-corrected chi connectivity index (χ4v) is 1.99. The van der Waals surface area contributed by atoms with Gasteiger partial charge in [0.25, 0.3) is 0 Å². The Morgan fingerprint density at radius 2 is 2.00 bits per heavy atom. The van der Waals surface area contributed by atoms with Gasteiger partial charge in [-0.3, -0.25) is 0 Å². The molecule has 0 aromatic rings. The molecule has 0 aromatic heterocycles. The van der Waals surface area contributed by atoms with Crippen LogP contribution in [-0.2, 0) is 9.53 Å². The maximum absolute atomic E-state index is 11.1. The molecule has 1 aliphatic carbocycles. The van der Waals surface area contributed by atoms with Gasteiger partial charge in [0.2, 0.25) is 0 Å². The van der Waals surface area contributed by atoms with E-state index in [1.54, 1.807) is 0 Å². The van der Waals surface area contributed by atoms with Gasteiger partial charge in [-0.2, -0.15) is 0 Å². The minimum absolute atomic E-state index is 0.190. The second kappa shape index (κ2) is 5.15. The van der Waals surface area contributed by atoms with E-state index >= 15 is 0 Å². The molecule has 0 bridgehead atoms. The molecule has 0 radical (unpaired) electrons. The molecule has 1 atom stereocenters. The summed E-state index contributed by atoms with van der Waals surface area (Å²) in [6.07, 6.45) is 4.75. The molecule has 1 rings (SSSR count). The van der Waals surface area contributed by atoms with Crippen LogP contribution in [0.15, 0.2) is 12.2 Å². The van der Waals surface area contributed by atoms with E-state index in [9.17, 15) is 9.90 Å². The summed E-state index contributed by atoms with van der Waals surface area (Å²) in [5.41, 5.74) is 0.194. The van der Waals surface area contributed by atoms with Gasteiger partial charge in [0.15, 0.2) is 0 Å². The zero-order valence-corrected chi connectivity index (χ0v) is 8.66. The minimum Gasteiger partial charge on any atom is -0.466 e. The highest BCUT2D eigenvalue weighted by Crippen LogP contribution is 2.29. The standard InChI is InChI=1S/C11H18O3/c1-8(11(13)14-2)10(12)9-6-4-3-5-7-9/h9-10,12H,1,3-7H2,2H3/t10-/m1/s1. The predicted octanol–water partition coefficient (Wildman–Crippen LogP) is 1.66. The molecule has 1 aliphatic rings. The van der Waals surface area contributed by atoms with Crippen LogP contribution in [0.3, 0.4) is 0 Å². The van der Waals surface area contributed by atoms with Gasteiger partial charge in [-0.25, -0.2) is 4.79 Å². The van der Waals surface area contributed by atoms with Crippen LogP contribution in [0, 0.1) is 5.92 Å². The second-order valence-corrected chi connectivity index (χ2v) is 3.86. The van der Waals surface area contributed by atoms with E-state index < -0.39 is 12.1 Å². The lowest BCUT2D eigenvalue weighted by Gasteiger charge is -2.26. The molecule has 80 valence electrons. The molecule has 1 fully saturated rings. The first-order valence-electron chi connectivity index (χ1n) is 5.12. The number of aliphatic hydroxyl groups excluding tert-OH is 1. The summed E-state index contributed by atoms with van der Waals surface area (Å²) < 4.78 is 4.53. The van der Waals surface area contributed by atoms with Crippen molar-refractivity contribution in [3.63, 3.8) is 0 Å². The molecular weight excluding hydrogens is 180 g/mol. The number of rotatable bonds is 3. The number of esters is 1. The molecule has 3 heteroatoms. The largest absolute Gasteiger partial charge is 0.466 e. The van der Waals surface area contributed by atoms with Gasteiger partial charge in [0.1, 0.15) is 0 Å². The van der Waals surface area contributed by atoms with Crippen LogP contribution in [0.5, 0.6) is 0 Å². The number of methoxy groups -OCH3 is 1. The van der Waals surface area contributed by atoms with Crippen molar-refractivity contribution in [1.82, 2.24) is 0 Å². The van der Waals surface area contributed by atoms with E-state index in [0.29, 0.717) is 0 Å². The van der Waals surface area contributed by atoms with Crippen molar-refractivity contribution in [3.8, 4) is 0 Å². The van der Waals surface area contributed by atoms with E-state index in [4.69, 9.17) is 0 Å². The zero-order valence-electron chi connectivity index (χ0n) is 8.66. The van der Waals surface area contributed by atoms with Gasteiger partial charge in [0.05, 0.1) is 18.8 Å². The topological polar surface area (TPSA) is 46.5 Å². The van der Waals surface area contributed by atoms with Crippen LogP contribution < -0.4 is 0 Å². The molecule has 0 spiro atoms. The summed E-state index contributed by atoms with van der Waals surface area (Å²) in [4.78, 5) is 11.1. The molecule has 0 heterocycles. The fourth-order valence-electron chi connectivity index (χ4n) is 1.99. The lowest BCUT2D eigenvalue weighted by molar-refractivity contribution is -0.137. The van der Waals surface area contributed by atoms with Crippen molar-refractivity contribution in [2.24, 2.45) is 5.92 Å². The van der Waals surface area contributed by atoms with Crippen LogP contribution in [-0.4, -0.2) is 24.3 Å². The molecule has 0 aliphatic heterocycles. The SMILES string of the molecule is C=C(C(=O)OC)[C@@H](O)C1CCCCC1. The Morgan fingerprint density at radius 3 is 2.50 bits per heavy atom. The van der Waals surface area contributed by atoms with Crippen molar-refractivity contribution in [2.75, 3.05) is 7.11 Å². The van der Waals surface area contributed by atoms with Gasteiger partial charge in [-0.1, -0.05) is 25.8 Å². The number of hydrogen-bond donors (Lipinski definition) is 1. The highest BCUT2D eigenvalue weighted by atomic mass is 16.5. The number of aliphatic hydroxyl groups is 1. The van der Waals surface area contributed by atoms with Crippen LogP contribution >= 0.6 is 0 Å². The molecule has 14 heavy (non-hydrogen) atoms. The van der Waals surface area contributed by atoms with Gasteiger partial charge >= 0.3 is 5.97 Å². The van der Waals surface area contributed by atoms with E-state index in [0.717, 1.165) is 25.7 Å². The van der Waals surface area contributed by atoms with Gasteiger partial charge in [0, 0.05) is 0 Å². The normalized spacial score (nSPS) is 20.1. The monoisotopic (exact) mass is 198 g/mol. The summed E-state index contributed by atoms with van der Waals surface area (Å²) in [6.45, 7) is 3.58. The quantitative estimate of drug-likeness (QED) is 0.554. The van der Waals surface area contributed by atoms with Crippen molar-refractivity contribution < 1.29 is 14.6 Å². The molecule has 3 nitrogen and oxygen atoms in total. The summed E-state index contributed by atoms with van der Waals surface area (Å²) in [5, 5.41) is 9.84. The third-order valence-corrected chi connectivity index (χ3v) is 2.90. The van der Waals surface area contributed by atoms with E-state index in [2.05, 4.69) is 11.3 Å². The van der Waals surface area contributed by atoms with Crippen molar-refractivity contribution in [2.45, 2.75) is 38.2 Å². The summed E-state index contributed by atoms with van der Waals surface area (Å²) in [7, 11) is 1.31. The minimum atomic E-state index is -0.720. The van der Waals surface area contributed by atoms with Gasteiger partial charge in [-0.15, -0.1) is 0 Å². The first-order chi connectivity index (χ1) is 6.66. The van der Waals surface area contributed by atoms with Gasteiger partial charge < -0.3 is 9.84 Å². The smallest absolute Gasteiger partial charge is 0.335 e. The third kappa shape index (κ3) is 2.58. The molecular formula is C11H18O3. The predicted molar refractivity (Wildman–Crippen MR) is 53.7 cm³/mol. The lowest BCUT2D eigenvalue weighted by Crippen LogP contribution is -2.28. The Balaban J connectivity index is 2.50. The maximum Gasteiger partial charge on any atom is 0.335 e. The summed E-state index contributed by atoms with van der Waals surface area (Å²) >= 11 is 0. The average Bonchev–Trinajstić information content (AvgIpc) is 2.27. The Labute approximate surface area is 84.8 Å². The number of carbonyl (C=O) groups excluding carboxylic acids is 1. The lowest BCUT2D eigenvalue weighted by atomic mass is 9.83. The highest BCUT2D eigenvalue weighted by molar-refractivity contribution is 5.88. The molecule has 0 unspecified atom stereocenters. The Bertz CT molecular complexity index is 217. The highest BCUT2D eigenvalue weighted by Gasteiger charge is 2.27. The second-order valence-electron chi connectivity index (χ2n) is 3.86. The average molecular weight is 198 g/mol. The number of hydrogen-bond acceptors (Lipinski definition) is 3. The van der Waals surface area contributed by atoms with E-state index in [1.807, 2.05) is 0 Å². The summed E-state index contributed by atoms with van der Waals surface area (Å²) in [5.74, 6) is -0.307. The van der Waals surface area contributed by atoms with Crippen LogP contribution in [0.1, 0.15) is 32.1 Å². The molecule has 0 amide bonds. The first-order valence-corrected chi connectivity index (χ1v) is 5.12. The Hall–Kier alpha value is -0.830. The Morgan fingerprint density at radius 1 is 1.43 bits per heavy atom. The third-order valence-electron chi connectivity index (χ3n) is 2.90. The number of carbonyl (C=O) groups is 1. The molecule has 1 saturated carbocycles. The zero-order chi connectivity index (χ0) is 10.6. The molecule has 0 aromatic carbocycles. The fraction of sp³-hybridized carbons (Fsp3) is 0.727. The first kappa shape index (κ1) is 11.2. The van der Waals surface area contributed by atoms with E-state index in [-0.39, 0.29) is 11.5 Å². The maximum atomic E-state index is 11.1. The Kier molecular flexibility index (Phi) is 4.14. The molecule has 1 N–H and O–H groups in total. The van der Waals surface area contributed by atoms with E-state index in [1.165, 1.54) is 13.5 Å². The van der Waals surface area contributed by atoms with Crippen molar-refractivity contribution in [3.05, 3.63) is 12.2 Å². The van der Waals surface area contributed by atoms with Crippen molar-refractivity contribution >= 4 is 5.97 Å². The summed E-state index contributed by atoms with van der Waals surface area (Å²) in [6, 6.07) is 0. The van der Waals surface area contributed by atoms with Gasteiger partial charge in [-0.05, 0) is 18.8 Å². The van der Waals surface area contributed by atoms with Crippen LogP contribution in [0.25, 0.3) is 0 Å². The van der Waals surface area contributed by atoms with Crippen molar-refractivity contribution in [1.29, 1.82) is 0 Å². The van der Waals surface area contributed by atoms with Crippen LogP contribution in [0.4, 0.5) is 0 Å². The number of ether oxygens (including phenoxy) is 1. The molecule has 0 saturated heterocycles.